The first-order valence-corrected chi connectivity index (χ1v) is 8.14. The van der Waals surface area contributed by atoms with Crippen LogP contribution < -0.4 is 5.32 Å². The number of nitrogens with zero attached hydrogens (tertiary/aromatic N) is 1. The van der Waals surface area contributed by atoms with Gasteiger partial charge in [-0.05, 0) is 32.1 Å². The monoisotopic (exact) mass is 252 g/mol. The van der Waals surface area contributed by atoms with E-state index in [9.17, 15) is 0 Å². The minimum atomic E-state index is 0.469. The summed E-state index contributed by atoms with van der Waals surface area (Å²) in [4.78, 5) is 2.77. The summed E-state index contributed by atoms with van der Waals surface area (Å²) in [5, 5.41) is 3.88. The van der Waals surface area contributed by atoms with Gasteiger partial charge in [-0.2, -0.15) is 0 Å². The Kier molecular flexibility index (Phi) is 5.08. The van der Waals surface area contributed by atoms with Gasteiger partial charge in [0.2, 0.25) is 0 Å². The molecule has 0 bridgehead atoms. The molecule has 1 spiro atoms. The van der Waals surface area contributed by atoms with E-state index >= 15 is 0 Å². The largest absolute Gasteiger partial charge is 0.308 e. The number of hydrogen-bond donors (Lipinski definition) is 1. The Morgan fingerprint density at radius 1 is 1.28 bits per heavy atom. The van der Waals surface area contributed by atoms with Gasteiger partial charge in [0.15, 0.2) is 0 Å². The molecule has 106 valence electrons. The number of rotatable bonds is 4. The lowest BCUT2D eigenvalue weighted by atomic mass is 9.79. The zero-order chi connectivity index (χ0) is 13.0. The summed E-state index contributed by atoms with van der Waals surface area (Å²) in [5.74, 6) is 0.858. The highest BCUT2D eigenvalue weighted by Gasteiger charge is 2.38. The summed E-state index contributed by atoms with van der Waals surface area (Å²) in [6, 6.07) is 0.719. The fourth-order valence-corrected chi connectivity index (χ4v) is 3.89. The zero-order valence-corrected chi connectivity index (χ0v) is 12.7. The highest BCUT2D eigenvalue weighted by Crippen LogP contribution is 2.32. The maximum atomic E-state index is 3.88. The molecule has 2 aliphatic rings. The van der Waals surface area contributed by atoms with E-state index in [0.29, 0.717) is 5.54 Å². The first-order chi connectivity index (χ1) is 8.65. The third kappa shape index (κ3) is 3.48. The van der Waals surface area contributed by atoms with Crippen LogP contribution in [-0.4, -0.2) is 36.1 Å². The molecule has 0 amide bonds. The van der Waals surface area contributed by atoms with Crippen molar-refractivity contribution in [1.82, 2.24) is 10.2 Å². The molecule has 2 fully saturated rings. The molecule has 1 saturated carbocycles. The lowest BCUT2D eigenvalue weighted by molar-refractivity contribution is 0.0520. The van der Waals surface area contributed by atoms with Crippen LogP contribution in [0.1, 0.15) is 65.7 Å². The third-order valence-corrected chi connectivity index (χ3v) is 5.04. The average molecular weight is 252 g/mol. The lowest BCUT2D eigenvalue weighted by Crippen LogP contribution is -2.64. The molecule has 0 aromatic rings. The van der Waals surface area contributed by atoms with Gasteiger partial charge in [0.25, 0.3) is 0 Å². The fourth-order valence-electron chi connectivity index (χ4n) is 3.89. The predicted octanol–water partition coefficient (Wildman–Crippen LogP) is 3.42. The second kappa shape index (κ2) is 6.38. The van der Waals surface area contributed by atoms with Crippen LogP contribution in [0.3, 0.4) is 0 Å². The lowest BCUT2D eigenvalue weighted by Gasteiger charge is -2.49. The summed E-state index contributed by atoms with van der Waals surface area (Å²) in [6.45, 7) is 10.9. The van der Waals surface area contributed by atoms with Crippen LogP contribution in [0.4, 0.5) is 0 Å². The average Bonchev–Trinajstić information content (AvgIpc) is 2.36. The van der Waals surface area contributed by atoms with Crippen LogP contribution in [0.15, 0.2) is 0 Å². The maximum Gasteiger partial charge on any atom is 0.0309 e. The van der Waals surface area contributed by atoms with E-state index in [2.05, 4.69) is 31.0 Å². The van der Waals surface area contributed by atoms with Gasteiger partial charge in [0.05, 0.1) is 0 Å². The summed E-state index contributed by atoms with van der Waals surface area (Å²) in [7, 11) is 0. The Labute approximate surface area is 114 Å². The van der Waals surface area contributed by atoms with Crippen molar-refractivity contribution in [3.63, 3.8) is 0 Å². The van der Waals surface area contributed by atoms with Crippen molar-refractivity contribution in [1.29, 1.82) is 0 Å². The molecular weight excluding hydrogens is 220 g/mol. The molecule has 2 rings (SSSR count). The van der Waals surface area contributed by atoms with Crippen LogP contribution in [-0.2, 0) is 0 Å². The van der Waals surface area contributed by atoms with Gasteiger partial charge in [-0.15, -0.1) is 0 Å². The van der Waals surface area contributed by atoms with Crippen LogP contribution in [0.25, 0.3) is 0 Å². The SMILES string of the molecule is CCCC(C)CN1CC2(CCCCC2)NCC1C. The molecule has 0 aromatic heterocycles. The number of piperazine rings is 1. The minimum absolute atomic E-state index is 0.469. The van der Waals surface area contributed by atoms with Crippen LogP contribution >= 0.6 is 0 Å². The van der Waals surface area contributed by atoms with Gasteiger partial charge in [0, 0.05) is 31.2 Å². The zero-order valence-electron chi connectivity index (χ0n) is 12.7. The molecule has 2 heteroatoms. The molecule has 0 radical (unpaired) electrons. The normalized spacial score (nSPS) is 30.5. The quantitative estimate of drug-likeness (QED) is 0.825. The van der Waals surface area contributed by atoms with E-state index in [4.69, 9.17) is 0 Å². The second-order valence-corrected chi connectivity index (χ2v) is 6.89. The molecule has 1 aliphatic carbocycles. The Morgan fingerprint density at radius 2 is 2.00 bits per heavy atom. The molecule has 2 unspecified atom stereocenters. The first-order valence-electron chi connectivity index (χ1n) is 8.14. The second-order valence-electron chi connectivity index (χ2n) is 6.89. The van der Waals surface area contributed by atoms with E-state index in [0.717, 1.165) is 12.0 Å². The van der Waals surface area contributed by atoms with Crippen LogP contribution in [0, 0.1) is 5.92 Å². The van der Waals surface area contributed by atoms with Gasteiger partial charge < -0.3 is 5.32 Å². The van der Waals surface area contributed by atoms with Gasteiger partial charge in [-0.1, -0.05) is 39.5 Å². The Hall–Kier alpha value is -0.0800. The van der Waals surface area contributed by atoms with E-state index < -0.39 is 0 Å². The molecule has 0 aromatic carbocycles. The molecule has 1 saturated heterocycles. The van der Waals surface area contributed by atoms with Crippen molar-refractivity contribution in [3.8, 4) is 0 Å². The number of hydrogen-bond acceptors (Lipinski definition) is 2. The minimum Gasteiger partial charge on any atom is -0.308 e. The van der Waals surface area contributed by atoms with Crippen LogP contribution in [0.5, 0.6) is 0 Å². The highest BCUT2D eigenvalue weighted by molar-refractivity contribution is 4.98. The Balaban J connectivity index is 1.91. The molecular formula is C16H32N2. The van der Waals surface area contributed by atoms with E-state index in [1.54, 1.807) is 0 Å². The summed E-state index contributed by atoms with van der Waals surface area (Å²) in [6.07, 6.45) is 9.82. The Morgan fingerprint density at radius 3 is 2.67 bits per heavy atom. The summed E-state index contributed by atoms with van der Waals surface area (Å²) in [5.41, 5.74) is 0.469. The van der Waals surface area contributed by atoms with Crippen molar-refractivity contribution in [3.05, 3.63) is 0 Å². The fraction of sp³-hybridized carbons (Fsp3) is 1.00. The standard InChI is InChI=1S/C16H32N2/c1-4-8-14(2)12-18-13-16(17-11-15(18)3)9-6-5-7-10-16/h14-15,17H,4-13H2,1-3H3. The number of nitrogens with one attached hydrogen (secondary N) is 1. The van der Waals surface area contributed by atoms with Gasteiger partial charge in [0.1, 0.15) is 0 Å². The molecule has 1 N–H and O–H groups in total. The maximum absolute atomic E-state index is 3.88. The van der Waals surface area contributed by atoms with Crippen molar-refractivity contribution >= 4 is 0 Å². The van der Waals surface area contributed by atoms with E-state index in [1.807, 2.05) is 0 Å². The van der Waals surface area contributed by atoms with Gasteiger partial charge in [-0.3, -0.25) is 4.90 Å². The molecule has 1 aliphatic heterocycles. The topological polar surface area (TPSA) is 15.3 Å². The third-order valence-electron chi connectivity index (χ3n) is 5.04. The molecule has 1 heterocycles. The molecule has 2 atom stereocenters. The summed E-state index contributed by atoms with van der Waals surface area (Å²) >= 11 is 0. The van der Waals surface area contributed by atoms with Crippen molar-refractivity contribution in [2.45, 2.75) is 77.3 Å². The molecule has 18 heavy (non-hydrogen) atoms. The first kappa shape index (κ1) is 14.3. The highest BCUT2D eigenvalue weighted by atomic mass is 15.2. The van der Waals surface area contributed by atoms with Crippen molar-refractivity contribution in [2.75, 3.05) is 19.6 Å². The smallest absolute Gasteiger partial charge is 0.0309 e. The van der Waals surface area contributed by atoms with Crippen molar-refractivity contribution in [2.24, 2.45) is 5.92 Å². The van der Waals surface area contributed by atoms with Crippen LogP contribution in [0.2, 0.25) is 0 Å². The predicted molar refractivity (Wildman–Crippen MR) is 78.9 cm³/mol. The van der Waals surface area contributed by atoms with Crippen molar-refractivity contribution < 1.29 is 0 Å². The summed E-state index contributed by atoms with van der Waals surface area (Å²) < 4.78 is 0. The van der Waals surface area contributed by atoms with Gasteiger partial charge in [-0.25, -0.2) is 0 Å². The van der Waals surface area contributed by atoms with Gasteiger partial charge >= 0.3 is 0 Å². The van der Waals surface area contributed by atoms with E-state index in [-0.39, 0.29) is 0 Å². The van der Waals surface area contributed by atoms with E-state index in [1.165, 1.54) is 64.6 Å². The Bertz CT molecular complexity index is 245. The molecule has 2 nitrogen and oxygen atoms in total.